The van der Waals surface area contributed by atoms with Crippen LogP contribution in [0.1, 0.15) is 24.0 Å². The summed E-state index contributed by atoms with van der Waals surface area (Å²) in [6.07, 6.45) is 2.65. The summed E-state index contributed by atoms with van der Waals surface area (Å²) < 4.78 is 5.43. The number of anilines is 1. The Labute approximate surface area is 132 Å². The molecule has 1 fully saturated rings. The molecule has 2 aliphatic rings. The van der Waals surface area contributed by atoms with Crippen molar-refractivity contribution in [3.63, 3.8) is 0 Å². The fraction of sp³-hybridized carbons (Fsp3) is 0.562. The van der Waals surface area contributed by atoms with Gasteiger partial charge in [-0.25, -0.2) is 0 Å². The summed E-state index contributed by atoms with van der Waals surface area (Å²) in [4.78, 5) is 14.5. The molecular formula is C16H23ClN2O2. The number of carbonyl (C=O) groups excluding carboxylic acids is 1. The summed E-state index contributed by atoms with van der Waals surface area (Å²) in [5.41, 5.74) is 3.61. The highest BCUT2D eigenvalue weighted by atomic mass is 35.5. The largest absolute Gasteiger partial charge is 0.378 e. The number of amides is 1. The van der Waals surface area contributed by atoms with Crippen LogP contribution in [0.25, 0.3) is 0 Å². The van der Waals surface area contributed by atoms with Gasteiger partial charge in [0.25, 0.3) is 0 Å². The van der Waals surface area contributed by atoms with Gasteiger partial charge in [0.05, 0.1) is 13.2 Å². The molecule has 0 radical (unpaired) electrons. The number of halogens is 1. The van der Waals surface area contributed by atoms with Crippen LogP contribution in [0.4, 0.5) is 5.69 Å². The zero-order chi connectivity index (χ0) is 13.9. The van der Waals surface area contributed by atoms with Gasteiger partial charge in [0.15, 0.2) is 0 Å². The van der Waals surface area contributed by atoms with Crippen LogP contribution >= 0.6 is 12.4 Å². The van der Waals surface area contributed by atoms with E-state index >= 15 is 0 Å². The maximum Gasteiger partial charge on any atom is 0.228 e. The van der Waals surface area contributed by atoms with Crippen molar-refractivity contribution >= 4 is 24.0 Å². The van der Waals surface area contributed by atoms with Crippen molar-refractivity contribution in [2.45, 2.75) is 32.2 Å². The number of rotatable bonds is 2. The first kappa shape index (κ1) is 16.3. The number of hydrogen-bond donors (Lipinski definition) is 1. The predicted molar refractivity (Wildman–Crippen MR) is 86.3 cm³/mol. The number of hydrogen-bond acceptors (Lipinski definition) is 3. The van der Waals surface area contributed by atoms with Gasteiger partial charge in [-0.3, -0.25) is 4.79 Å². The van der Waals surface area contributed by atoms with E-state index in [1.165, 1.54) is 11.1 Å². The second-order valence-electron chi connectivity index (χ2n) is 5.71. The minimum Gasteiger partial charge on any atom is -0.378 e. The second kappa shape index (κ2) is 7.25. The minimum absolute atomic E-state index is 0. The lowest BCUT2D eigenvalue weighted by Crippen LogP contribution is -2.46. The zero-order valence-corrected chi connectivity index (χ0v) is 13.2. The summed E-state index contributed by atoms with van der Waals surface area (Å²) in [5.74, 6) is 0.208. The number of ether oxygens (including phenoxy) is 1. The molecule has 5 heteroatoms. The van der Waals surface area contributed by atoms with Crippen molar-refractivity contribution < 1.29 is 9.53 Å². The van der Waals surface area contributed by atoms with Crippen molar-refractivity contribution in [2.75, 3.05) is 31.2 Å². The van der Waals surface area contributed by atoms with Gasteiger partial charge in [-0.05, 0) is 37.0 Å². The average Bonchev–Trinajstić information content (AvgIpc) is 2.47. The Morgan fingerprint density at radius 1 is 1.48 bits per heavy atom. The van der Waals surface area contributed by atoms with E-state index in [0.717, 1.165) is 38.2 Å². The Bertz CT molecular complexity index is 501. The van der Waals surface area contributed by atoms with E-state index in [2.05, 4.69) is 30.4 Å². The SMILES string of the molecule is Cc1ccc2c(c1)N(C(=O)CC1COCCN1)CCC2.Cl. The zero-order valence-electron chi connectivity index (χ0n) is 12.4. The molecule has 0 saturated carbocycles. The first-order chi connectivity index (χ1) is 9.74. The molecule has 1 aromatic rings. The van der Waals surface area contributed by atoms with E-state index in [4.69, 9.17) is 4.74 Å². The lowest BCUT2D eigenvalue weighted by molar-refractivity contribution is -0.119. The summed E-state index contributed by atoms with van der Waals surface area (Å²) in [7, 11) is 0. The molecule has 4 nitrogen and oxygen atoms in total. The third kappa shape index (κ3) is 3.76. The highest BCUT2D eigenvalue weighted by Crippen LogP contribution is 2.28. The van der Waals surface area contributed by atoms with Crippen LogP contribution in [-0.4, -0.2) is 38.3 Å². The number of carbonyl (C=O) groups is 1. The molecule has 1 unspecified atom stereocenters. The molecule has 0 spiro atoms. The summed E-state index contributed by atoms with van der Waals surface area (Å²) in [6, 6.07) is 6.58. The number of nitrogens with one attached hydrogen (secondary N) is 1. The fourth-order valence-electron chi connectivity index (χ4n) is 3.02. The van der Waals surface area contributed by atoms with Crippen molar-refractivity contribution in [1.29, 1.82) is 0 Å². The molecule has 0 aromatic heterocycles. The Morgan fingerprint density at radius 3 is 3.10 bits per heavy atom. The quantitative estimate of drug-likeness (QED) is 0.909. The summed E-state index contributed by atoms with van der Waals surface area (Å²) >= 11 is 0. The van der Waals surface area contributed by atoms with Crippen molar-refractivity contribution in [3.05, 3.63) is 29.3 Å². The smallest absolute Gasteiger partial charge is 0.228 e. The Balaban J connectivity index is 0.00000161. The number of nitrogens with zero attached hydrogens (tertiary/aromatic N) is 1. The van der Waals surface area contributed by atoms with E-state index in [9.17, 15) is 4.79 Å². The van der Waals surface area contributed by atoms with Crippen molar-refractivity contribution in [3.8, 4) is 0 Å². The summed E-state index contributed by atoms with van der Waals surface area (Å²) in [5, 5.41) is 3.35. The van der Waals surface area contributed by atoms with E-state index in [1.54, 1.807) is 0 Å². The first-order valence-electron chi connectivity index (χ1n) is 7.45. The van der Waals surface area contributed by atoms with Gasteiger partial charge in [-0.2, -0.15) is 0 Å². The van der Waals surface area contributed by atoms with Crippen LogP contribution in [0.5, 0.6) is 0 Å². The van der Waals surface area contributed by atoms with Crippen LogP contribution in [0.2, 0.25) is 0 Å². The molecule has 2 heterocycles. The standard InChI is InChI=1S/C16H22N2O2.ClH/c1-12-4-5-13-3-2-7-18(15(13)9-12)16(19)10-14-11-20-8-6-17-14;/h4-5,9,14,17H,2-3,6-8,10-11H2,1H3;1H. The van der Waals surface area contributed by atoms with E-state index in [0.29, 0.717) is 13.0 Å². The number of fused-ring (bicyclic) bond motifs is 1. The molecule has 1 saturated heterocycles. The van der Waals surface area contributed by atoms with Crippen LogP contribution in [0, 0.1) is 6.92 Å². The Morgan fingerprint density at radius 2 is 2.33 bits per heavy atom. The van der Waals surface area contributed by atoms with Crippen LogP contribution in [-0.2, 0) is 16.0 Å². The molecule has 21 heavy (non-hydrogen) atoms. The van der Waals surface area contributed by atoms with Crippen molar-refractivity contribution in [1.82, 2.24) is 5.32 Å². The number of aryl methyl sites for hydroxylation is 2. The van der Waals surface area contributed by atoms with E-state index in [1.807, 2.05) is 4.90 Å². The molecule has 0 bridgehead atoms. The van der Waals surface area contributed by atoms with Gasteiger partial charge >= 0.3 is 0 Å². The Hall–Kier alpha value is -1.10. The molecule has 116 valence electrons. The molecule has 1 amide bonds. The van der Waals surface area contributed by atoms with E-state index in [-0.39, 0.29) is 24.4 Å². The minimum atomic E-state index is 0. The second-order valence-corrected chi connectivity index (χ2v) is 5.71. The maximum absolute atomic E-state index is 12.6. The highest BCUT2D eigenvalue weighted by Gasteiger charge is 2.25. The van der Waals surface area contributed by atoms with Crippen molar-refractivity contribution in [2.24, 2.45) is 0 Å². The van der Waals surface area contributed by atoms with Gasteiger partial charge in [-0.1, -0.05) is 12.1 Å². The fourth-order valence-corrected chi connectivity index (χ4v) is 3.02. The van der Waals surface area contributed by atoms with Gasteiger partial charge in [0, 0.05) is 31.2 Å². The van der Waals surface area contributed by atoms with Gasteiger partial charge in [0.1, 0.15) is 0 Å². The number of benzene rings is 1. The Kier molecular flexibility index (Phi) is 5.62. The molecule has 3 rings (SSSR count). The van der Waals surface area contributed by atoms with Gasteiger partial charge in [0.2, 0.25) is 5.91 Å². The molecule has 1 aromatic carbocycles. The lowest BCUT2D eigenvalue weighted by Gasteiger charge is -2.32. The van der Waals surface area contributed by atoms with Gasteiger partial charge < -0.3 is 15.0 Å². The van der Waals surface area contributed by atoms with Crippen LogP contribution < -0.4 is 10.2 Å². The van der Waals surface area contributed by atoms with Crippen LogP contribution in [0.15, 0.2) is 18.2 Å². The van der Waals surface area contributed by atoms with E-state index < -0.39 is 0 Å². The topological polar surface area (TPSA) is 41.6 Å². The maximum atomic E-state index is 12.6. The van der Waals surface area contributed by atoms with Crippen LogP contribution in [0.3, 0.4) is 0 Å². The lowest BCUT2D eigenvalue weighted by atomic mass is 9.99. The molecular weight excluding hydrogens is 288 g/mol. The monoisotopic (exact) mass is 310 g/mol. The first-order valence-corrected chi connectivity index (χ1v) is 7.45. The normalized spacial score (nSPS) is 21.4. The number of morpholine rings is 1. The molecule has 0 aliphatic carbocycles. The third-order valence-corrected chi connectivity index (χ3v) is 4.08. The van der Waals surface area contributed by atoms with Gasteiger partial charge in [-0.15, -0.1) is 12.4 Å². The molecule has 2 aliphatic heterocycles. The summed E-state index contributed by atoms with van der Waals surface area (Å²) in [6.45, 7) is 5.14. The average molecular weight is 311 g/mol. The third-order valence-electron chi connectivity index (χ3n) is 4.08. The molecule has 1 N–H and O–H groups in total. The highest BCUT2D eigenvalue weighted by molar-refractivity contribution is 5.95. The predicted octanol–water partition coefficient (Wildman–Crippen LogP) is 2.07. The molecule has 1 atom stereocenters.